The minimum absolute atomic E-state index is 0.113. The standard InChI is InChI=1S/C16H13Cl2NO5/c1-23-12-7-2-4-9(15(12)21)16(22)24-8-13(20)19-14-10(17)5-3-6-11(14)18/h2-7,21H,8H2,1H3,(H,19,20). The first kappa shape index (κ1) is 17.9. The number of phenolic OH excluding ortho intramolecular Hbond substituents is 1. The molecule has 2 rings (SSSR count). The third-order valence-electron chi connectivity index (χ3n) is 3.00. The largest absolute Gasteiger partial charge is 0.504 e. The molecule has 0 saturated carbocycles. The third-order valence-corrected chi connectivity index (χ3v) is 3.63. The number of aromatic hydroxyl groups is 1. The highest BCUT2D eigenvalue weighted by Crippen LogP contribution is 2.30. The van der Waals surface area contributed by atoms with Crippen LogP contribution in [-0.2, 0) is 9.53 Å². The molecule has 0 heterocycles. The van der Waals surface area contributed by atoms with Crippen molar-refractivity contribution < 1.29 is 24.2 Å². The van der Waals surface area contributed by atoms with E-state index in [4.69, 9.17) is 32.7 Å². The Labute approximate surface area is 147 Å². The SMILES string of the molecule is COc1cccc(C(=O)OCC(=O)Nc2c(Cl)cccc2Cl)c1O. The molecule has 0 radical (unpaired) electrons. The molecule has 0 aliphatic rings. The number of hydrogen-bond donors (Lipinski definition) is 2. The Kier molecular flexibility index (Phi) is 5.89. The van der Waals surface area contributed by atoms with Crippen molar-refractivity contribution in [2.75, 3.05) is 19.0 Å². The maximum atomic E-state index is 12.0. The lowest BCUT2D eigenvalue weighted by Gasteiger charge is -2.10. The van der Waals surface area contributed by atoms with Crippen LogP contribution < -0.4 is 10.1 Å². The topological polar surface area (TPSA) is 84.9 Å². The van der Waals surface area contributed by atoms with Crippen molar-refractivity contribution >= 4 is 40.8 Å². The van der Waals surface area contributed by atoms with Gasteiger partial charge in [0, 0.05) is 0 Å². The summed E-state index contributed by atoms with van der Waals surface area (Å²) < 4.78 is 9.77. The molecule has 24 heavy (non-hydrogen) atoms. The van der Waals surface area contributed by atoms with Gasteiger partial charge in [-0.05, 0) is 24.3 Å². The maximum Gasteiger partial charge on any atom is 0.342 e. The molecule has 0 aliphatic carbocycles. The van der Waals surface area contributed by atoms with Gasteiger partial charge < -0.3 is 19.9 Å². The highest BCUT2D eigenvalue weighted by Gasteiger charge is 2.18. The summed E-state index contributed by atoms with van der Waals surface area (Å²) in [6, 6.07) is 9.10. The Morgan fingerprint density at radius 3 is 2.38 bits per heavy atom. The molecule has 0 atom stereocenters. The normalized spacial score (nSPS) is 10.1. The third kappa shape index (κ3) is 4.10. The molecule has 2 aromatic carbocycles. The number of benzene rings is 2. The van der Waals surface area contributed by atoms with Crippen molar-refractivity contribution in [1.29, 1.82) is 0 Å². The fourth-order valence-electron chi connectivity index (χ4n) is 1.85. The average Bonchev–Trinajstić information content (AvgIpc) is 2.56. The molecule has 0 bridgehead atoms. The molecule has 0 unspecified atom stereocenters. The van der Waals surface area contributed by atoms with Crippen LogP contribution in [0, 0.1) is 0 Å². The zero-order valence-electron chi connectivity index (χ0n) is 12.5. The molecule has 8 heteroatoms. The molecule has 0 fully saturated rings. The monoisotopic (exact) mass is 369 g/mol. The quantitative estimate of drug-likeness (QED) is 0.787. The van der Waals surface area contributed by atoms with E-state index in [1.165, 1.54) is 25.3 Å². The van der Waals surface area contributed by atoms with Gasteiger partial charge in [-0.15, -0.1) is 0 Å². The Bertz CT molecular complexity index is 759. The number of para-hydroxylation sites is 2. The summed E-state index contributed by atoms with van der Waals surface area (Å²) in [5.74, 6) is -1.73. The summed E-state index contributed by atoms with van der Waals surface area (Å²) >= 11 is 11.9. The summed E-state index contributed by atoms with van der Waals surface area (Å²) in [6.07, 6.45) is 0. The summed E-state index contributed by atoms with van der Waals surface area (Å²) in [5.41, 5.74) is 0.115. The Balaban J connectivity index is 2.00. The van der Waals surface area contributed by atoms with Gasteiger partial charge in [0.05, 0.1) is 22.8 Å². The van der Waals surface area contributed by atoms with Crippen molar-refractivity contribution in [3.05, 3.63) is 52.0 Å². The second kappa shape index (κ2) is 7.90. The van der Waals surface area contributed by atoms with Gasteiger partial charge in [0.2, 0.25) is 0 Å². The summed E-state index contributed by atoms with van der Waals surface area (Å²) in [5, 5.41) is 12.8. The maximum absolute atomic E-state index is 12.0. The summed E-state index contributed by atoms with van der Waals surface area (Å²) in [6.45, 7) is -0.572. The Morgan fingerprint density at radius 1 is 1.12 bits per heavy atom. The predicted molar refractivity (Wildman–Crippen MR) is 90.0 cm³/mol. The zero-order valence-corrected chi connectivity index (χ0v) is 14.0. The van der Waals surface area contributed by atoms with E-state index in [1.54, 1.807) is 18.2 Å². The lowest BCUT2D eigenvalue weighted by Crippen LogP contribution is -2.21. The number of rotatable bonds is 5. The summed E-state index contributed by atoms with van der Waals surface area (Å²) in [4.78, 5) is 23.8. The van der Waals surface area contributed by atoms with Gasteiger partial charge in [-0.2, -0.15) is 0 Å². The van der Waals surface area contributed by atoms with Crippen molar-refractivity contribution in [3.63, 3.8) is 0 Å². The molecule has 2 N–H and O–H groups in total. The number of amides is 1. The molecule has 0 spiro atoms. The second-order valence-electron chi connectivity index (χ2n) is 4.58. The number of halogens is 2. The molecule has 1 amide bonds. The lowest BCUT2D eigenvalue weighted by molar-refractivity contribution is -0.119. The molecule has 0 saturated heterocycles. The summed E-state index contributed by atoms with van der Waals surface area (Å²) in [7, 11) is 1.35. The average molecular weight is 370 g/mol. The van der Waals surface area contributed by atoms with Crippen LogP contribution in [0.1, 0.15) is 10.4 Å². The van der Waals surface area contributed by atoms with Crippen molar-refractivity contribution in [1.82, 2.24) is 0 Å². The van der Waals surface area contributed by atoms with E-state index in [0.717, 1.165) is 0 Å². The van der Waals surface area contributed by atoms with Gasteiger partial charge in [0.15, 0.2) is 18.1 Å². The van der Waals surface area contributed by atoms with E-state index in [-0.39, 0.29) is 32.8 Å². The van der Waals surface area contributed by atoms with Gasteiger partial charge in [0.25, 0.3) is 5.91 Å². The fourth-order valence-corrected chi connectivity index (χ4v) is 2.35. The van der Waals surface area contributed by atoms with Crippen molar-refractivity contribution in [2.45, 2.75) is 0 Å². The number of ether oxygens (including phenoxy) is 2. The first-order chi connectivity index (χ1) is 11.4. The highest BCUT2D eigenvalue weighted by atomic mass is 35.5. The van der Waals surface area contributed by atoms with E-state index >= 15 is 0 Å². The first-order valence-electron chi connectivity index (χ1n) is 6.71. The number of methoxy groups -OCH3 is 1. The van der Waals surface area contributed by atoms with E-state index in [9.17, 15) is 14.7 Å². The molecule has 0 aliphatic heterocycles. The molecule has 2 aromatic rings. The Morgan fingerprint density at radius 2 is 1.75 bits per heavy atom. The van der Waals surface area contributed by atoms with Crippen LogP contribution in [0.15, 0.2) is 36.4 Å². The van der Waals surface area contributed by atoms with Gasteiger partial charge >= 0.3 is 5.97 Å². The van der Waals surface area contributed by atoms with Crippen LogP contribution in [0.4, 0.5) is 5.69 Å². The van der Waals surface area contributed by atoms with E-state index in [0.29, 0.717) is 0 Å². The molecular weight excluding hydrogens is 357 g/mol. The molecule has 6 nitrogen and oxygen atoms in total. The van der Waals surface area contributed by atoms with Crippen molar-refractivity contribution in [3.8, 4) is 11.5 Å². The van der Waals surface area contributed by atoms with Gasteiger partial charge in [-0.1, -0.05) is 35.3 Å². The number of carbonyl (C=O) groups excluding carboxylic acids is 2. The number of esters is 1. The van der Waals surface area contributed by atoms with E-state index < -0.39 is 18.5 Å². The minimum Gasteiger partial charge on any atom is -0.504 e. The Hall–Kier alpha value is -2.44. The van der Waals surface area contributed by atoms with Crippen LogP contribution in [0.25, 0.3) is 0 Å². The fraction of sp³-hybridized carbons (Fsp3) is 0.125. The number of hydrogen-bond acceptors (Lipinski definition) is 5. The van der Waals surface area contributed by atoms with E-state index in [1.807, 2.05) is 0 Å². The van der Waals surface area contributed by atoms with Gasteiger partial charge in [0.1, 0.15) is 5.56 Å². The minimum atomic E-state index is -0.869. The van der Waals surface area contributed by atoms with Gasteiger partial charge in [-0.3, -0.25) is 4.79 Å². The molecular formula is C16H13Cl2NO5. The van der Waals surface area contributed by atoms with Crippen molar-refractivity contribution in [2.24, 2.45) is 0 Å². The second-order valence-corrected chi connectivity index (χ2v) is 5.39. The number of carbonyl (C=O) groups is 2. The van der Waals surface area contributed by atoms with Crippen LogP contribution in [-0.4, -0.2) is 30.7 Å². The highest BCUT2D eigenvalue weighted by molar-refractivity contribution is 6.39. The molecule has 0 aromatic heterocycles. The lowest BCUT2D eigenvalue weighted by atomic mass is 10.2. The number of nitrogens with one attached hydrogen (secondary N) is 1. The smallest absolute Gasteiger partial charge is 0.342 e. The zero-order chi connectivity index (χ0) is 17.7. The van der Waals surface area contributed by atoms with Crippen LogP contribution in [0.5, 0.6) is 11.5 Å². The van der Waals surface area contributed by atoms with Crippen LogP contribution >= 0.6 is 23.2 Å². The first-order valence-corrected chi connectivity index (χ1v) is 7.46. The van der Waals surface area contributed by atoms with Crippen LogP contribution in [0.3, 0.4) is 0 Å². The van der Waals surface area contributed by atoms with Gasteiger partial charge in [-0.25, -0.2) is 4.79 Å². The van der Waals surface area contributed by atoms with E-state index in [2.05, 4.69) is 5.32 Å². The molecule has 126 valence electrons. The van der Waals surface area contributed by atoms with Crippen LogP contribution in [0.2, 0.25) is 10.0 Å². The number of anilines is 1. The predicted octanol–water partition coefficient (Wildman–Crippen LogP) is 3.50. The number of phenols is 1.